The zero-order valence-electron chi connectivity index (χ0n) is 24.1. The zero-order valence-corrected chi connectivity index (χ0v) is 24.9. The molecule has 1 heterocycles. The molecule has 13 nitrogen and oxygen atoms in total. The van der Waals surface area contributed by atoms with Crippen LogP contribution >= 0.6 is 0 Å². The predicted molar refractivity (Wildman–Crippen MR) is 153 cm³/mol. The van der Waals surface area contributed by atoms with Crippen LogP contribution in [0.1, 0.15) is 62.1 Å². The summed E-state index contributed by atoms with van der Waals surface area (Å²) in [6.07, 6.45) is 0.579. The number of nitrogens with zero attached hydrogens (tertiary/aromatic N) is 1. The Morgan fingerprint density at radius 2 is 1.48 bits per heavy atom. The Labute approximate surface area is 244 Å². The third kappa shape index (κ3) is 9.96. The number of amides is 4. The average molecular weight is 606 g/mol. The van der Waals surface area contributed by atoms with Gasteiger partial charge in [0.2, 0.25) is 11.8 Å². The topological polar surface area (TPSA) is 185 Å². The molecule has 0 bridgehead atoms. The first-order chi connectivity index (χ1) is 19.7. The lowest BCUT2D eigenvalue weighted by molar-refractivity contribution is -0.177. The number of fused-ring (bicyclic) bond motifs is 3. The van der Waals surface area contributed by atoms with Crippen LogP contribution in [0.2, 0.25) is 0 Å². The van der Waals surface area contributed by atoms with Crippen LogP contribution in [0.25, 0.3) is 11.1 Å². The summed E-state index contributed by atoms with van der Waals surface area (Å²) in [6.45, 7) is 5.54. The first-order valence-corrected chi connectivity index (χ1v) is 14.9. The lowest BCUT2D eigenvalue weighted by Gasteiger charge is -2.17. The fourth-order valence-corrected chi connectivity index (χ4v) is 4.07. The van der Waals surface area contributed by atoms with Crippen LogP contribution in [0.3, 0.4) is 0 Å². The van der Waals surface area contributed by atoms with Crippen LogP contribution in [0.5, 0.6) is 0 Å². The summed E-state index contributed by atoms with van der Waals surface area (Å²) in [5, 5.41) is 5.79. The minimum absolute atomic E-state index is 0.0149. The van der Waals surface area contributed by atoms with Gasteiger partial charge in [-0.25, -0.2) is 4.79 Å². The number of ether oxygens (including phenoxy) is 1. The largest absolute Gasteiger partial charge is 0.533 e. The van der Waals surface area contributed by atoms with Crippen molar-refractivity contribution in [2.75, 3.05) is 25.2 Å². The second kappa shape index (κ2) is 15.1. The van der Waals surface area contributed by atoms with Crippen molar-refractivity contribution in [1.82, 2.24) is 10.4 Å². The highest BCUT2D eigenvalue weighted by Crippen LogP contribution is 2.46. The molecule has 2 aromatic rings. The number of nitrogens with one attached hydrogen (secondary N) is 2. The molecule has 0 radical (unpaired) electrons. The minimum atomic E-state index is -3.67. The van der Waals surface area contributed by atoms with Crippen molar-refractivity contribution in [3.8, 4) is 11.1 Å². The van der Waals surface area contributed by atoms with E-state index in [-0.39, 0.29) is 37.2 Å². The fraction of sp³-hybridized carbons (Fsp3) is 0.393. The molecule has 4 rings (SSSR count). The molecule has 4 amide bonds. The average Bonchev–Trinajstić information content (AvgIpc) is 3.41. The van der Waals surface area contributed by atoms with Crippen LogP contribution in [0.15, 0.2) is 36.4 Å². The molecule has 1 aliphatic carbocycles. The lowest BCUT2D eigenvalue weighted by atomic mass is 9.96. The molecule has 1 aliphatic heterocycles. The molecule has 0 aromatic heterocycles. The standard InChI is InChI=1S/C23H22N2O6.C4H9NO.CH4O3S/c1-3-20(26)24-14-5-7-16-15-6-4-13(2)10-17(15)19(18(16)11-14)12-30-23(29)31-25-21(27)8-9-22(25)28;1-3-4(6)5-2;1-5(2,3)4/h4-7,10-11,19H,3,8-9,12H2,1-2H3,(H,24,26);3H2,1-2H3,(H,5,6);1H3,(H,2,3,4). The quantitative estimate of drug-likeness (QED) is 0.251. The van der Waals surface area contributed by atoms with Gasteiger partial charge in [-0.1, -0.05) is 48.7 Å². The van der Waals surface area contributed by atoms with E-state index in [2.05, 4.69) is 10.6 Å². The molecule has 14 heteroatoms. The van der Waals surface area contributed by atoms with Gasteiger partial charge in [-0.15, -0.1) is 0 Å². The number of aryl methyl sites for hydroxylation is 1. The number of anilines is 1. The number of imide groups is 1. The van der Waals surface area contributed by atoms with Gasteiger partial charge in [-0.3, -0.25) is 28.6 Å². The van der Waals surface area contributed by atoms with Crippen molar-refractivity contribution in [3.05, 3.63) is 53.1 Å². The van der Waals surface area contributed by atoms with E-state index in [0.717, 1.165) is 27.8 Å². The van der Waals surface area contributed by atoms with Crippen molar-refractivity contribution in [2.24, 2.45) is 0 Å². The van der Waals surface area contributed by atoms with Gasteiger partial charge in [0.1, 0.15) is 6.61 Å². The molecular weight excluding hydrogens is 570 g/mol. The van der Waals surface area contributed by atoms with Crippen molar-refractivity contribution >= 4 is 45.6 Å². The molecule has 228 valence electrons. The number of hydrogen-bond acceptors (Lipinski definition) is 9. The highest BCUT2D eigenvalue weighted by Gasteiger charge is 2.35. The summed E-state index contributed by atoms with van der Waals surface area (Å²) in [7, 11) is -2.04. The van der Waals surface area contributed by atoms with E-state index in [0.29, 0.717) is 29.8 Å². The van der Waals surface area contributed by atoms with Crippen molar-refractivity contribution in [3.63, 3.8) is 0 Å². The molecule has 2 aromatic carbocycles. The van der Waals surface area contributed by atoms with E-state index in [1.54, 1.807) is 14.0 Å². The van der Waals surface area contributed by atoms with Crippen molar-refractivity contribution < 1.29 is 46.5 Å². The second-order valence-electron chi connectivity index (χ2n) is 9.34. The number of hydroxylamine groups is 2. The Kier molecular flexibility index (Phi) is 12.2. The molecule has 42 heavy (non-hydrogen) atoms. The highest BCUT2D eigenvalue weighted by molar-refractivity contribution is 7.85. The maximum Gasteiger partial charge on any atom is 0.533 e. The van der Waals surface area contributed by atoms with Crippen LogP contribution in [0.4, 0.5) is 10.5 Å². The molecule has 3 N–H and O–H groups in total. The van der Waals surface area contributed by atoms with Crippen LogP contribution in [0, 0.1) is 6.92 Å². The summed E-state index contributed by atoms with van der Waals surface area (Å²) >= 11 is 0. The smallest absolute Gasteiger partial charge is 0.432 e. The Morgan fingerprint density at radius 1 is 0.952 bits per heavy atom. The fourth-order valence-electron chi connectivity index (χ4n) is 4.07. The van der Waals surface area contributed by atoms with E-state index in [1.165, 1.54) is 0 Å². The number of hydrogen-bond donors (Lipinski definition) is 3. The van der Waals surface area contributed by atoms with E-state index in [9.17, 15) is 32.4 Å². The zero-order chi connectivity index (χ0) is 31.6. The minimum Gasteiger partial charge on any atom is -0.432 e. The molecule has 1 fully saturated rings. The SMILES string of the molecule is CCC(=O)NC.CCC(=O)Nc1ccc2c(c1)C(COC(=O)ON1C(=O)CCC1=O)c1cc(C)ccc1-2.CS(=O)(=O)O. The van der Waals surface area contributed by atoms with Gasteiger partial charge in [-0.05, 0) is 41.3 Å². The molecule has 1 unspecified atom stereocenters. The van der Waals surface area contributed by atoms with E-state index < -0.39 is 28.1 Å². The number of rotatable bonds is 6. The van der Waals surface area contributed by atoms with Gasteiger partial charge in [-0.2, -0.15) is 8.42 Å². The van der Waals surface area contributed by atoms with Gasteiger partial charge in [0.25, 0.3) is 21.9 Å². The van der Waals surface area contributed by atoms with Gasteiger partial charge in [0, 0.05) is 44.3 Å². The van der Waals surface area contributed by atoms with Gasteiger partial charge in [0.05, 0.1) is 6.26 Å². The maximum atomic E-state index is 12.1. The van der Waals surface area contributed by atoms with Crippen molar-refractivity contribution in [1.29, 1.82) is 0 Å². The molecular formula is C28H35N3O10S. The van der Waals surface area contributed by atoms with E-state index in [1.807, 2.05) is 50.2 Å². The molecule has 1 saturated heterocycles. The van der Waals surface area contributed by atoms with Crippen LogP contribution in [-0.4, -0.2) is 67.7 Å². The monoisotopic (exact) mass is 605 g/mol. The molecule has 2 aliphatic rings. The third-order valence-electron chi connectivity index (χ3n) is 6.04. The van der Waals surface area contributed by atoms with Crippen LogP contribution < -0.4 is 10.6 Å². The summed E-state index contributed by atoms with van der Waals surface area (Å²) in [5.74, 6) is -1.41. The Morgan fingerprint density at radius 3 is 1.98 bits per heavy atom. The third-order valence-corrected chi connectivity index (χ3v) is 6.04. The Bertz CT molecular complexity index is 1430. The Balaban J connectivity index is 0.000000478. The van der Waals surface area contributed by atoms with Crippen LogP contribution in [-0.2, 0) is 38.9 Å². The first-order valence-electron chi connectivity index (χ1n) is 13.1. The summed E-state index contributed by atoms with van der Waals surface area (Å²) in [6, 6.07) is 11.7. The highest BCUT2D eigenvalue weighted by atomic mass is 32.2. The summed E-state index contributed by atoms with van der Waals surface area (Å²) in [5.41, 5.74) is 5.66. The summed E-state index contributed by atoms with van der Waals surface area (Å²) < 4.78 is 31.2. The molecule has 0 saturated carbocycles. The van der Waals surface area contributed by atoms with Gasteiger partial charge in [0.15, 0.2) is 0 Å². The lowest BCUT2D eigenvalue weighted by Crippen LogP contribution is -2.32. The normalized spacial score (nSPS) is 14.8. The van der Waals surface area contributed by atoms with E-state index >= 15 is 0 Å². The number of benzene rings is 2. The van der Waals surface area contributed by atoms with Gasteiger partial charge >= 0.3 is 6.16 Å². The molecule has 1 atom stereocenters. The van der Waals surface area contributed by atoms with Crippen molar-refractivity contribution in [2.45, 2.75) is 52.4 Å². The predicted octanol–water partition coefficient (Wildman–Crippen LogP) is 3.32. The van der Waals surface area contributed by atoms with Gasteiger partial charge < -0.3 is 15.4 Å². The Hall–Kier alpha value is -4.30. The molecule has 0 spiro atoms. The summed E-state index contributed by atoms with van der Waals surface area (Å²) in [4.78, 5) is 62.1. The first kappa shape index (κ1) is 33.9. The number of carbonyl (C=O) groups excluding carboxylic acids is 5. The second-order valence-corrected chi connectivity index (χ2v) is 10.8. The van der Waals surface area contributed by atoms with E-state index in [4.69, 9.17) is 14.1 Å². The number of carbonyl (C=O) groups is 5. The maximum absolute atomic E-state index is 12.1.